The molecule has 3 nitrogen and oxygen atoms in total. The van der Waals surface area contributed by atoms with Gasteiger partial charge >= 0.3 is 0 Å². The fourth-order valence-corrected chi connectivity index (χ4v) is 1.91. The molecular formula is C12H14N2O. The maximum atomic E-state index is 11.7. The molecule has 0 unspecified atom stereocenters. The molecule has 0 radical (unpaired) electrons. The number of rotatable bonds is 1. The van der Waals surface area contributed by atoms with Gasteiger partial charge in [-0.15, -0.1) is 0 Å². The molecule has 1 heterocycles. The van der Waals surface area contributed by atoms with Crippen LogP contribution < -0.4 is 0 Å². The van der Waals surface area contributed by atoms with Gasteiger partial charge in [0.2, 0.25) is 5.91 Å². The highest BCUT2D eigenvalue weighted by Gasteiger charge is 2.27. The zero-order chi connectivity index (χ0) is 10.8. The Morgan fingerprint density at radius 2 is 2.20 bits per heavy atom. The number of amides is 1. The maximum absolute atomic E-state index is 11.7. The molecule has 78 valence electrons. The van der Waals surface area contributed by atoms with Gasteiger partial charge < -0.3 is 0 Å². The van der Waals surface area contributed by atoms with Crippen molar-refractivity contribution < 1.29 is 4.79 Å². The summed E-state index contributed by atoms with van der Waals surface area (Å²) in [5.74, 6) is 0.934. The van der Waals surface area contributed by atoms with Crippen molar-refractivity contribution in [3.63, 3.8) is 0 Å². The van der Waals surface area contributed by atoms with Crippen LogP contribution in [0.15, 0.2) is 29.3 Å². The molecule has 1 aliphatic heterocycles. The lowest BCUT2D eigenvalue weighted by Gasteiger charge is -2.15. The third-order valence-electron chi connectivity index (χ3n) is 2.66. The molecule has 0 saturated heterocycles. The van der Waals surface area contributed by atoms with E-state index in [2.05, 4.69) is 4.99 Å². The van der Waals surface area contributed by atoms with Gasteiger partial charge in [0.25, 0.3) is 0 Å². The summed E-state index contributed by atoms with van der Waals surface area (Å²) < 4.78 is 0. The van der Waals surface area contributed by atoms with Crippen molar-refractivity contribution in [1.82, 2.24) is 4.90 Å². The van der Waals surface area contributed by atoms with Gasteiger partial charge in [0.05, 0.1) is 6.54 Å². The van der Waals surface area contributed by atoms with Crippen molar-refractivity contribution in [2.45, 2.75) is 19.9 Å². The van der Waals surface area contributed by atoms with Crippen LogP contribution in [0.5, 0.6) is 0 Å². The molecule has 0 spiro atoms. The van der Waals surface area contributed by atoms with Crippen molar-refractivity contribution in [2.24, 2.45) is 4.99 Å². The summed E-state index contributed by atoms with van der Waals surface area (Å²) >= 11 is 0. The maximum Gasteiger partial charge on any atom is 0.228 e. The normalized spacial score (nSPS) is 16.9. The number of carbonyl (C=O) groups excluding carboxylic acids is 1. The van der Waals surface area contributed by atoms with Gasteiger partial charge in [-0.25, -0.2) is 0 Å². The van der Waals surface area contributed by atoms with E-state index in [0.29, 0.717) is 13.0 Å². The molecule has 15 heavy (non-hydrogen) atoms. The highest BCUT2D eigenvalue weighted by Crippen LogP contribution is 2.23. The van der Waals surface area contributed by atoms with Gasteiger partial charge in [0, 0.05) is 19.0 Å². The number of amidine groups is 1. The zero-order valence-electron chi connectivity index (χ0n) is 9.03. The first kappa shape index (κ1) is 9.90. The van der Waals surface area contributed by atoms with Crippen LogP contribution in [-0.2, 0) is 11.3 Å². The second-order valence-electron chi connectivity index (χ2n) is 3.54. The topological polar surface area (TPSA) is 32.7 Å². The smallest absolute Gasteiger partial charge is 0.228 e. The van der Waals surface area contributed by atoms with E-state index in [1.165, 1.54) is 5.56 Å². The number of carbonyl (C=O) groups is 1. The van der Waals surface area contributed by atoms with E-state index in [0.717, 1.165) is 11.4 Å². The third kappa shape index (κ3) is 1.54. The van der Waals surface area contributed by atoms with Crippen LogP contribution in [0.1, 0.15) is 24.5 Å². The molecule has 1 amide bonds. The number of benzene rings is 1. The lowest BCUT2D eigenvalue weighted by atomic mass is 10.1. The Labute approximate surface area is 89.4 Å². The molecule has 0 atom stereocenters. The number of aliphatic imine (C=N–C) groups is 1. The molecule has 0 aliphatic carbocycles. The Bertz CT molecular complexity index is 423. The van der Waals surface area contributed by atoms with E-state index in [-0.39, 0.29) is 5.91 Å². The van der Waals surface area contributed by atoms with Gasteiger partial charge in [-0.2, -0.15) is 0 Å². The summed E-state index contributed by atoms with van der Waals surface area (Å²) in [7, 11) is 1.73. The lowest BCUT2D eigenvalue weighted by molar-refractivity contribution is -0.127. The fourth-order valence-electron chi connectivity index (χ4n) is 1.91. The first-order valence-corrected chi connectivity index (χ1v) is 5.13. The first-order valence-electron chi connectivity index (χ1n) is 5.13. The van der Waals surface area contributed by atoms with Crippen LogP contribution in [0.4, 0.5) is 0 Å². The Kier molecular flexibility index (Phi) is 2.54. The minimum atomic E-state index is 0.131. The summed E-state index contributed by atoms with van der Waals surface area (Å²) in [5, 5.41) is 0. The van der Waals surface area contributed by atoms with Crippen molar-refractivity contribution in [1.29, 1.82) is 0 Å². The van der Waals surface area contributed by atoms with Gasteiger partial charge in [-0.1, -0.05) is 31.2 Å². The van der Waals surface area contributed by atoms with Crippen molar-refractivity contribution in [3.05, 3.63) is 35.4 Å². The third-order valence-corrected chi connectivity index (χ3v) is 2.66. The van der Waals surface area contributed by atoms with Crippen LogP contribution >= 0.6 is 0 Å². The Morgan fingerprint density at radius 3 is 2.87 bits per heavy atom. The number of nitrogens with zero attached hydrogens (tertiary/aromatic N) is 2. The number of hydrogen-bond donors (Lipinski definition) is 0. The van der Waals surface area contributed by atoms with Crippen LogP contribution in [0.3, 0.4) is 0 Å². The molecule has 2 rings (SSSR count). The molecule has 0 N–H and O–H groups in total. The van der Waals surface area contributed by atoms with Crippen molar-refractivity contribution >= 4 is 11.7 Å². The Balaban J connectivity index is 2.42. The molecule has 1 aromatic rings. The standard InChI is InChI=1S/C12H14N2O/c1-3-11(15)14-8-9-6-4-5-7-10(9)12(14)13-2/h4-7H,3,8H2,1-2H3. The number of hydrogen-bond acceptors (Lipinski definition) is 2. The Hall–Kier alpha value is -1.64. The SMILES string of the molecule is CCC(=O)N1Cc2ccccc2C1=NC. The largest absolute Gasteiger partial charge is 0.292 e. The first-order chi connectivity index (χ1) is 7.27. The van der Waals surface area contributed by atoms with Crippen LogP contribution in [0.25, 0.3) is 0 Å². The van der Waals surface area contributed by atoms with Crippen LogP contribution in [-0.4, -0.2) is 23.7 Å². The van der Waals surface area contributed by atoms with E-state index < -0.39 is 0 Å². The lowest BCUT2D eigenvalue weighted by Crippen LogP contribution is -2.31. The second-order valence-corrected chi connectivity index (χ2v) is 3.54. The average Bonchev–Trinajstić information content (AvgIpc) is 2.66. The van der Waals surface area contributed by atoms with E-state index in [4.69, 9.17) is 0 Å². The van der Waals surface area contributed by atoms with Crippen LogP contribution in [0, 0.1) is 0 Å². The monoisotopic (exact) mass is 202 g/mol. The van der Waals surface area contributed by atoms with Crippen LogP contribution in [0.2, 0.25) is 0 Å². The van der Waals surface area contributed by atoms with Gasteiger partial charge in [0.15, 0.2) is 0 Å². The van der Waals surface area contributed by atoms with E-state index in [9.17, 15) is 4.79 Å². The quantitative estimate of drug-likeness (QED) is 0.683. The average molecular weight is 202 g/mol. The van der Waals surface area contributed by atoms with Gasteiger partial charge in [0.1, 0.15) is 5.84 Å². The van der Waals surface area contributed by atoms with E-state index in [1.807, 2.05) is 31.2 Å². The summed E-state index contributed by atoms with van der Waals surface area (Å²) in [6.07, 6.45) is 0.521. The Morgan fingerprint density at radius 1 is 1.47 bits per heavy atom. The summed E-state index contributed by atoms with van der Waals surface area (Å²) in [4.78, 5) is 17.7. The molecule has 0 saturated carbocycles. The molecule has 1 aromatic carbocycles. The predicted octanol–water partition coefficient (Wildman–Crippen LogP) is 1.82. The molecule has 3 heteroatoms. The molecule has 1 aliphatic rings. The molecule has 0 aromatic heterocycles. The summed E-state index contributed by atoms with van der Waals surface area (Å²) in [6.45, 7) is 2.54. The minimum absolute atomic E-state index is 0.131. The number of fused-ring (bicyclic) bond motifs is 1. The minimum Gasteiger partial charge on any atom is -0.292 e. The van der Waals surface area contributed by atoms with E-state index in [1.54, 1.807) is 11.9 Å². The second kappa shape index (κ2) is 3.85. The predicted molar refractivity (Wildman–Crippen MR) is 59.7 cm³/mol. The highest BCUT2D eigenvalue weighted by atomic mass is 16.2. The van der Waals surface area contributed by atoms with Crippen molar-refractivity contribution in [3.8, 4) is 0 Å². The molecular weight excluding hydrogens is 188 g/mol. The van der Waals surface area contributed by atoms with Gasteiger partial charge in [-0.3, -0.25) is 14.7 Å². The van der Waals surface area contributed by atoms with Gasteiger partial charge in [-0.05, 0) is 5.56 Å². The summed E-state index contributed by atoms with van der Waals surface area (Å²) in [5.41, 5.74) is 2.27. The zero-order valence-corrected chi connectivity index (χ0v) is 9.03. The van der Waals surface area contributed by atoms with Crippen molar-refractivity contribution in [2.75, 3.05) is 7.05 Å². The van der Waals surface area contributed by atoms with E-state index >= 15 is 0 Å². The fraction of sp³-hybridized carbons (Fsp3) is 0.333. The summed E-state index contributed by atoms with van der Waals surface area (Å²) in [6, 6.07) is 8.03. The molecule has 0 fully saturated rings. The highest BCUT2D eigenvalue weighted by molar-refractivity contribution is 6.10. The molecule has 0 bridgehead atoms.